The summed E-state index contributed by atoms with van der Waals surface area (Å²) >= 11 is 0. The van der Waals surface area contributed by atoms with Crippen molar-refractivity contribution in [1.82, 2.24) is 0 Å². The van der Waals surface area contributed by atoms with E-state index in [4.69, 9.17) is 4.74 Å². The minimum atomic E-state index is -0.0414. The molecule has 1 aliphatic carbocycles. The van der Waals surface area contributed by atoms with Crippen molar-refractivity contribution in [2.24, 2.45) is 11.8 Å². The van der Waals surface area contributed by atoms with Crippen LogP contribution in [0.5, 0.6) is 5.75 Å². The minimum Gasteiger partial charge on any atom is -0.487 e. The van der Waals surface area contributed by atoms with Gasteiger partial charge in [-0.3, -0.25) is 0 Å². The number of benzene rings is 2. The summed E-state index contributed by atoms with van der Waals surface area (Å²) in [7, 11) is 0. The van der Waals surface area contributed by atoms with Gasteiger partial charge in [0.25, 0.3) is 0 Å². The molecule has 1 heteroatoms. The molecular weight excluding hydrogens is 256 g/mol. The molecule has 3 atom stereocenters. The summed E-state index contributed by atoms with van der Waals surface area (Å²) in [5.74, 6) is 3.24. The van der Waals surface area contributed by atoms with Crippen molar-refractivity contribution in [2.45, 2.75) is 51.6 Å². The lowest BCUT2D eigenvalue weighted by molar-refractivity contribution is -0.0128. The molecule has 110 valence electrons. The number of ether oxygens (including phenoxy) is 1. The van der Waals surface area contributed by atoms with E-state index in [1.807, 2.05) is 0 Å². The third kappa shape index (κ3) is 1.97. The van der Waals surface area contributed by atoms with E-state index < -0.39 is 0 Å². The number of fused-ring (bicyclic) bond motifs is 5. The number of hydrogen-bond donors (Lipinski definition) is 0. The van der Waals surface area contributed by atoms with E-state index in [-0.39, 0.29) is 5.60 Å². The minimum absolute atomic E-state index is 0.0414. The van der Waals surface area contributed by atoms with Crippen LogP contribution in [0.3, 0.4) is 0 Å². The van der Waals surface area contributed by atoms with E-state index in [0.29, 0.717) is 11.8 Å². The quantitative estimate of drug-likeness (QED) is 0.616. The van der Waals surface area contributed by atoms with Gasteiger partial charge < -0.3 is 4.74 Å². The maximum absolute atomic E-state index is 6.43. The van der Waals surface area contributed by atoms with Gasteiger partial charge in [-0.2, -0.15) is 0 Å². The maximum Gasteiger partial charge on any atom is 0.124 e. The summed E-state index contributed by atoms with van der Waals surface area (Å²) in [5.41, 5.74) is 1.43. The third-order valence-corrected chi connectivity index (χ3v) is 5.68. The van der Waals surface area contributed by atoms with Gasteiger partial charge in [-0.25, -0.2) is 0 Å². The molecule has 4 rings (SSSR count). The Kier molecular flexibility index (Phi) is 2.82. The molecule has 1 fully saturated rings. The van der Waals surface area contributed by atoms with Gasteiger partial charge in [-0.1, -0.05) is 43.7 Å². The van der Waals surface area contributed by atoms with E-state index >= 15 is 0 Å². The van der Waals surface area contributed by atoms with Crippen LogP contribution in [-0.2, 0) is 0 Å². The molecule has 0 saturated heterocycles. The molecule has 0 spiro atoms. The van der Waals surface area contributed by atoms with Gasteiger partial charge in [0.2, 0.25) is 0 Å². The Bertz CT molecular complexity index is 685. The summed E-state index contributed by atoms with van der Waals surface area (Å²) in [6.07, 6.45) is 3.94. The normalized spacial score (nSPS) is 30.3. The average Bonchev–Trinajstić information content (AvgIpc) is 2.45. The van der Waals surface area contributed by atoms with Gasteiger partial charge in [0, 0.05) is 11.5 Å². The van der Waals surface area contributed by atoms with Gasteiger partial charge in [0.05, 0.1) is 0 Å². The van der Waals surface area contributed by atoms with E-state index in [2.05, 4.69) is 57.2 Å². The highest BCUT2D eigenvalue weighted by molar-refractivity contribution is 5.88. The van der Waals surface area contributed by atoms with Gasteiger partial charge in [-0.05, 0) is 55.4 Å². The molecule has 1 saturated carbocycles. The third-order valence-electron chi connectivity index (χ3n) is 5.68. The Morgan fingerprint density at radius 3 is 2.71 bits per heavy atom. The van der Waals surface area contributed by atoms with Crippen LogP contribution >= 0.6 is 0 Å². The van der Waals surface area contributed by atoms with Crippen LogP contribution in [0.4, 0.5) is 0 Å². The highest BCUT2D eigenvalue weighted by Gasteiger charge is 2.46. The van der Waals surface area contributed by atoms with E-state index in [9.17, 15) is 0 Å². The summed E-state index contributed by atoms with van der Waals surface area (Å²) in [6, 6.07) is 13.2. The zero-order valence-electron chi connectivity index (χ0n) is 13.2. The molecule has 0 unspecified atom stereocenters. The zero-order valence-corrected chi connectivity index (χ0v) is 13.2. The highest BCUT2D eigenvalue weighted by Crippen LogP contribution is 2.54. The predicted octanol–water partition coefficient (Wildman–Crippen LogP) is 5.53. The molecule has 1 aliphatic heterocycles. The smallest absolute Gasteiger partial charge is 0.124 e. The van der Waals surface area contributed by atoms with Crippen LogP contribution < -0.4 is 4.74 Å². The van der Waals surface area contributed by atoms with Crippen LogP contribution in [0.2, 0.25) is 0 Å². The molecule has 0 radical (unpaired) electrons. The Morgan fingerprint density at radius 2 is 1.86 bits per heavy atom. The second-order valence-corrected chi connectivity index (χ2v) is 7.54. The van der Waals surface area contributed by atoms with Crippen molar-refractivity contribution in [3.8, 4) is 5.75 Å². The Morgan fingerprint density at radius 1 is 1.05 bits per heavy atom. The second kappa shape index (κ2) is 4.50. The van der Waals surface area contributed by atoms with Crippen molar-refractivity contribution in [3.05, 3.63) is 42.0 Å². The summed E-state index contributed by atoms with van der Waals surface area (Å²) in [4.78, 5) is 0. The monoisotopic (exact) mass is 280 g/mol. The highest BCUT2D eigenvalue weighted by atomic mass is 16.5. The molecule has 1 nitrogen and oxygen atoms in total. The van der Waals surface area contributed by atoms with Crippen molar-refractivity contribution >= 4 is 10.8 Å². The first-order valence-corrected chi connectivity index (χ1v) is 8.27. The van der Waals surface area contributed by atoms with Crippen molar-refractivity contribution in [3.63, 3.8) is 0 Å². The van der Waals surface area contributed by atoms with Gasteiger partial charge in [0.15, 0.2) is 0 Å². The van der Waals surface area contributed by atoms with E-state index in [0.717, 1.165) is 11.7 Å². The van der Waals surface area contributed by atoms with Gasteiger partial charge >= 0.3 is 0 Å². The molecular formula is C20H24O. The standard InChI is InChI=1S/C20H24O/c1-13-8-10-17-16(12-13)19-15-7-5-4-6-14(15)9-11-18(19)21-20(17,2)3/h4-7,9,11,13,16-17H,8,10,12H2,1-3H3/t13-,16-,17-/m1/s1. The lowest BCUT2D eigenvalue weighted by atomic mass is 9.64. The largest absolute Gasteiger partial charge is 0.487 e. The first-order valence-electron chi connectivity index (χ1n) is 8.27. The number of hydrogen-bond acceptors (Lipinski definition) is 1. The lowest BCUT2D eigenvalue weighted by Gasteiger charge is -2.49. The molecule has 2 aromatic carbocycles. The SMILES string of the molecule is C[C@@H]1CC[C@@H]2[C@@H](C1)c1c(ccc3ccccc13)OC2(C)C. The van der Waals surface area contributed by atoms with E-state index in [1.165, 1.54) is 35.6 Å². The van der Waals surface area contributed by atoms with E-state index in [1.54, 1.807) is 0 Å². The molecule has 0 aromatic heterocycles. The second-order valence-electron chi connectivity index (χ2n) is 7.54. The summed E-state index contributed by atoms with van der Waals surface area (Å²) in [5, 5.41) is 2.74. The summed E-state index contributed by atoms with van der Waals surface area (Å²) in [6.45, 7) is 6.96. The zero-order chi connectivity index (χ0) is 14.6. The first kappa shape index (κ1) is 13.2. The Labute approximate surface area is 127 Å². The van der Waals surface area contributed by atoms with Gasteiger partial charge in [-0.15, -0.1) is 0 Å². The average molecular weight is 280 g/mol. The fourth-order valence-corrected chi connectivity index (χ4v) is 4.64. The van der Waals surface area contributed by atoms with Crippen LogP contribution in [0.25, 0.3) is 10.8 Å². The topological polar surface area (TPSA) is 9.23 Å². The van der Waals surface area contributed by atoms with Crippen LogP contribution in [0, 0.1) is 11.8 Å². The van der Waals surface area contributed by atoms with Crippen molar-refractivity contribution < 1.29 is 4.74 Å². The van der Waals surface area contributed by atoms with Crippen LogP contribution in [0.1, 0.15) is 51.5 Å². The van der Waals surface area contributed by atoms with Crippen molar-refractivity contribution in [2.75, 3.05) is 0 Å². The molecule has 2 aliphatic rings. The Balaban J connectivity index is 1.95. The van der Waals surface area contributed by atoms with Gasteiger partial charge in [0.1, 0.15) is 11.4 Å². The summed E-state index contributed by atoms with van der Waals surface area (Å²) < 4.78 is 6.43. The lowest BCUT2D eigenvalue weighted by Crippen LogP contribution is -2.46. The molecule has 0 bridgehead atoms. The van der Waals surface area contributed by atoms with Crippen molar-refractivity contribution in [1.29, 1.82) is 0 Å². The Hall–Kier alpha value is -1.50. The molecule has 0 amide bonds. The molecule has 21 heavy (non-hydrogen) atoms. The van der Waals surface area contributed by atoms with Crippen LogP contribution in [-0.4, -0.2) is 5.60 Å². The molecule has 0 N–H and O–H groups in total. The fraction of sp³-hybridized carbons (Fsp3) is 0.500. The molecule has 1 heterocycles. The maximum atomic E-state index is 6.43. The molecule has 2 aromatic rings. The number of rotatable bonds is 0. The van der Waals surface area contributed by atoms with Crippen LogP contribution in [0.15, 0.2) is 36.4 Å². The fourth-order valence-electron chi connectivity index (χ4n) is 4.64. The predicted molar refractivity (Wildman–Crippen MR) is 87.9 cm³/mol. The first-order chi connectivity index (χ1) is 10.1.